The molecular weight excluding hydrogens is 208 g/mol. The SMILES string of the molecule is NC(=S)c1nccn1Cc1cccnc1. The summed E-state index contributed by atoms with van der Waals surface area (Å²) in [4.78, 5) is 8.44. The summed E-state index contributed by atoms with van der Waals surface area (Å²) in [5.74, 6) is 0.633. The molecule has 0 aliphatic heterocycles. The molecule has 5 heteroatoms. The van der Waals surface area contributed by atoms with E-state index in [0.29, 0.717) is 17.4 Å². The van der Waals surface area contributed by atoms with Gasteiger partial charge in [-0.2, -0.15) is 0 Å². The molecule has 15 heavy (non-hydrogen) atoms. The third-order valence-electron chi connectivity index (χ3n) is 2.01. The molecule has 4 nitrogen and oxygen atoms in total. The summed E-state index contributed by atoms with van der Waals surface area (Å²) in [5.41, 5.74) is 6.64. The monoisotopic (exact) mass is 218 g/mol. The minimum atomic E-state index is 0.309. The van der Waals surface area contributed by atoms with E-state index in [4.69, 9.17) is 18.0 Å². The summed E-state index contributed by atoms with van der Waals surface area (Å²) >= 11 is 4.90. The van der Waals surface area contributed by atoms with Gasteiger partial charge >= 0.3 is 0 Å². The Balaban J connectivity index is 2.25. The van der Waals surface area contributed by atoms with Crippen LogP contribution in [-0.4, -0.2) is 19.5 Å². The van der Waals surface area contributed by atoms with Gasteiger partial charge in [0.15, 0.2) is 5.82 Å². The maximum atomic E-state index is 5.55. The molecule has 0 spiro atoms. The normalized spacial score (nSPS) is 10.1. The topological polar surface area (TPSA) is 56.7 Å². The molecule has 2 aromatic heterocycles. The zero-order valence-electron chi connectivity index (χ0n) is 8.00. The molecule has 0 atom stereocenters. The van der Waals surface area contributed by atoms with Crippen LogP contribution in [0, 0.1) is 0 Å². The highest BCUT2D eigenvalue weighted by atomic mass is 32.1. The second-order valence-corrected chi connectivity index (χ2v) is 3.54. The van der Waals surface area contributed by atoms with E-state index in [1.165, 1.54) is 0 Å². The minimum Gasteiger partial charge on any atom is -0.387 e. The van der Waals surface area contributed by atoms with Crippen molar-refractivity contribution in [2.24, 2.45) is 5.73 Å². The Hall–Kier alpha value is -1.75. The van der Waals surface area contributed by atoms with Crippen molar-refractivity contribution in [2.45, 2.75) is 6.54 Å². The highest BCUT2D eigenvalue weighted by Crippen LogP contribution is 2.03. The third-order valence-corrected chi connectivity index (χ3v) is 2.19. The minimum absolute atomic E-state index is 0.309. The van der Waals surface area contributed by atoms with Crippen LogP contribution in [0.5, 0.6) is 0 Å². The first-order valence-corrected chi connectivity index (χ1v) is 4.88. The van der Waals surface area contributed by atoms with Crippen LogP contribution in [0.4, 0.5) is 0 Å². The molecule has 0 radical (unpaired) electrons. The van der Waals surface area contributed by atoms with Gasteiger partial charge in [0.1, 0.15) is 4.99 Å². The van der Waals surface area contributed by atoms with Crippen LogP contribution in [0.15, 0.2) is 36.9 Å². The summed E-state index contributed by atoms with van der Waals surface area (Å²) < 4.78 is 1.90. The Morgan fingerprint density at radius 2 is 2.33 bits per heavy atom. The van der Waals surface area contributed by atoms with Crippen LogP contribution in [0.1, 0.15) is 11.4 Å². The second-order valence-electron chi connectivity index (χ2n) is 3.10. The molecule has 0 fully saturated rings. The van der Waals surface area contributed by atoms with E-state index >= 15 is 0 Å². The molecule has 2 aromatic rings. The van der Waals surface area contributed by atoms with Crippen molar-refractivity contribution >= 4 is 17.2 Å². The predicted molar refractivity (Wildman–Crippen MR) is 61.5 cm³/mol. The van der Waals surface area contributed by atoms with Gasteiger partial charge < -0.3 is 10.3 Å². The first kappa shape index (κ1) is 9.79. The van der Waals surface area contributed by atoms with E-state index in [-0.39, 0.29) is 0 Å². The molecule has 0 saturated carbocycles. The second kappa shape index (κ2) is 4.18. The summed E-state index contributed by atoms with van der Waals surface area (Å²) in [6.07, 6.45) is 7.08. The van der Waals surface area contributed by atoms with Crippen LogP contribution in [0.25, 0.3) is 0 Å². The van der Waals surface area contributed by atoms with Crippen molar-refractivity contribution < 1.29 is 0 Å². The fraction of sp³-hybridized carbons (Fsp3) is 0.100. The average Bonchev–Trinajstić information content (AvgIpc) is 2.67. The molecule has 2 rings (SSSR count). The molecule has 0 aliphatic rings. The molecule has 0 unspecified atom stereocenters. The molecule has 0 aliphatic carbocycles. The van der Waals surface area contributed by atoms with Gasteiger partial charge in [-0.25, -0.2) is 4.98 Å². The number of pyridine rings is 1. The van der Waals surface area contributed by atoms with Crippen LogP contribution >= 0.6 is 12.2 Å². The number of rotatable bonds is 3. The lowest BCUT2D eigenvalue weighted by molar-refractivity contribution is 0.784. The van der Waals surface area contributed by atoms with Crippen LogP contribution < -0.4 is 5.73 Å². The van der Waals surface area contributed by atoms with Gasteiger partial charge in [0.05, 0.1) is 6.54 Å². The summed E-state index contributed by atoms with van der Waals surface area (Å²) in [5, 5.41) is 0. The zero-order chi connectivity index (χ0) is 10.7. The lowest BCUT2D eigenvalue weighted by Crippen LogP contribution is -2.17. The standard InChI is InChI=1S/C10H10N4S/c11-9(15)10-13-4-5-14(10)7-8-2-1-3-12-6-8/h1-6H,7H2,(H2,11,15). The lowest BCUT2D eigenvalue weighted by atomic mass is 10.3. The molecular formula is C10H10N4S. The maximum Gasteiger partial charge on any atom is 0.167 e. The van der Waals surface area contributed by atoms with Crippen molar-refractivity contribution in [3.8, 4) is 0 Å². The number of hydrogen-bond acceptors (Lipinski definition) is 3. The van der Waals surface area contributed by atoms with Gasteiger partial charge in [0.25, 0.3) is 0 Å². The fourth-order valence-electron chi connectivity index (χ4n) is 1.35. The van der Waals surface area contributed by atoms with Crippen molar-refractivity contribution in [3.05, 3.63) is 48.3 Å². The van der Waals surface area contributed by atoms with E-state index in [9.17, 15) is 0 Å². The van der Waals surface area contributed by atoms with E-state index < -0.39 is 0 Å². The molecule has 2 N–H and O–H groups in total. The Morgan fingerprint density at radius 1 is 1.47 bits per heavy atom. The van der Waals surface area contributed by atoms with E-state index in [0.717, 1.165) is 5.56 Å². The fourth-order valence-corrected chi connectivity index (χ4v) is 1.52. The van der Waals surface area contributed by atoms with E-state index in [1.54, 1.807) is 12.4 Å². The smallest absolute Gasteiger partial charge is 0.167 e. The highest BCUT2D eigenvalue weighted by molar-refractivity contribution is 7.80. The van der Waals surface area contributed by atoms with Gasteiger partial charge in [-0.1, -0.05) is 18.3 Å². The number of nitrogens with two attached hydrogens (primary N) is 1. The van der Waals surface area contributed by atoms with E-state index in [1.807, 2.05) is 29.1 Å². The van der Waals surface area contributed by atoms with Crippen molar-refractivity contribution in [2.75, 3.05) is 0 Å². The molecule has 0 bridgehead atoms. The van der Waals surface area contributed by atoms with Crippen molar-refractivity contribution in [1.29, 1.82) is 0 Å². The van der Waals surface area contributed by atoms with E-state index in [2.05, 4.69) is 9.97 Å². The molecule has 76 valence electrons. The largest absolute Gasteiger partial charge is 0.387 e. The van der Waals surface area contributed by atoms with Crippen LogP contribution in [0.2, 0.25) is 0 Å². The van der Waals surface area contributed by atoms with Gasteiger partial charge in [-0.15, -0.1) is 0 Å². The van der Waals surface area contributed by atoms with Crippen LogP contribution in [0.3, 0.4) is 0 Å². The van der Waals surface area contributed by atoms with Gasteiger partial charge in [0, 0.05) is 24.8 Å². The third kappa shape index (κ3) is 2.19. The number of thiocarbonyl (C=S) groups is 1. The van der Waals surface area contributed by atoms with Gasteiger partial charge in [-0.3, -0.25) is 4.98 Å². The summed E-state index contributed by atoms with van der Waals surface area (Å²) in [7, 11) is 0. The number of hydrogen-bond donors (Lipinski definition) is 1. The summed E-state index contributed by atoms with van der Waals surface area (Å²) in [6.45, 7) is 0.681. The van der Waals surface area contributed by atoms with Gasteiger partial charge in [-0.05, 0) is 11.6 Å². The molecule has 2 heterocycles. The Kier molecular flexibility index (Phi) is 2.73. The lowest BCUT2D eigenvalue weighted by Gasteiger charge is -2.05. The Morgan fingerprint density at radius 3 is 3.00 bits per heavy atom. The zero-order valence-corrected chi connectivity index (χ0v) is 8.81. The number of imidazole rings is 1. The first-order valence-electron chi connectivity index (χ1n) is 4.47. The van der Waals surface area contributed by atoms with Crippen LogP contribution in [-0.2, 0) is 6.54 Å². The molecule has 0 saturated heterocycles. The van der Waals surface area contributed by atoms with Crippen molar-refractivity contribution in [3.63, 3.8) is 0 Å². The number of aromatic nitrogens is 3. The quantitative estimate of drug-likeness (QED) is 0.780. The molecule has 0 aromatic carbocycles. The number of nitrogens with zero attached hydrogens (tertiary/aromatic N) is 3. The first-order chi connectivity index (χ1) is 7.27. The predicted octanol–water partition coefficient (Wildman–Crippen LogP) is 0.961. The highest BCUT2D eigenvalue weighted by Gasteiger charge is 2.05. The van der Waals surface area contributed by atoms with Crippen molar-refractivity contribution in [1.82, 2.24) is 14.5 Å². The Bertz CT molecular complexity index is 463. The Labute approximate surface area is 92.8 Å². The average molecular weight is 218 g/mol. The van der Waals surface area contributed by atoms with Gasteiger partial charge in [0.2, 0.25) is 0 Å². The maximum absolute atomic E-state index is 5.55. The summed E-state index contributed by atoms with van der Waals surface area (Å²) in [6, 6.07) is 3.89. The molecule has 0 amide bonds.